The highest BCUT2D eigenvalue weighted by Crippen LogP contribution is 2.47. The Morgan fingerprint density at radius 1 is 0.191 bits per heavy atom. The monoisotopic (exact) mass is 1730 g/mol. The second-order valence-corrected chi connectivity index (χ2v) is 33.7. The first-order valence-electron chi connectivity index (χ1n) is 45.1. The maximum absolute atomic E-state index is 10.3. The molecular weight excluding hydrogens is 1660 g/mol. The summed E-state index contributed by atoms with van der Waals surface area (Å²) in [7, 11) is 0. The second-order valence-electron chi connectivity index (χ2n) is 33.7. The third-order valence-corrected chi connectivity index (χ3v) is 25.9. The Morgan fingerprint density at radius 3 is 0.868 bits per heavy atom. The standard InChI is InChI=1S/C65H39N7.C58H36N6/c1-67-57-27-15-13-25-51(57)47-30-34-54-53-33-29-46(50-24-12-11-21-48(50)41-66)39-61(53)72(62(54)40-47)60-36-32-45(44-31-35-59-55(37-44)52-26-14-16-28-58(52)71(59)49-22-9-4-10-23-49)38-56(60)65-69-63(42-17-5-2-6-18-42)68-64(70-65)43-19-7-3-8-20-43;59-37-43-20-10-11-23-45(43)42-30-33-54-49(36-42)47-25-13-15-27-52(47)64(54)55-32-29-41(40-28-31-53-48(34-40)46-24-12-14-26-51(46)63(53)44-21-8-3-9-22-44)35-50(55)58-61-56(38-16-4-1-5-17-38)60-57(62-58)39-18-6-2-7-19-39/h2-40H;1-36H. The molecule has 19 aromatic carbocycles. The minimum absolute atomic E-state index is 0.511. The van der Waals surface area contributed by atoms with Crippen molar-refractivity contribution < 1.29 is 0 Å². The lowest BCUT2D eigenvalue weighted by atomic mass is 9.98. The molecule has 6 heterocycles. The van der Waals surface area contributed by atoms with Crippen LogP contribution in [0.15, 0.2) is 455 Å². The van der Waals surface area contributed by atoms with Crippen LogP contribution in [0, 0.1) is 29.2 Å². The molecule has 25 aromatic rings. The van der Waals surface area contributed by atoms with Crippen molar-refractivity contribution in [3.05, 3.63) is 478 Å². The molecular formula is C123H75N13. The van der Waals surface area contributed by atoms with Crippen molar-refractivity contribution in [3.63, 3.8) is 0 Å². The molecule has 0 aliphatic heterocycles. The fourth-order valence-electron chi connectivity index (χ4n) is 19.5. The van der Waals surface area contributed by atoms with Crippen molar-refractivity contribution in [2.75, 3.05) is 0 Å². The van der Waals surface area contributed by atoms with E-state index in [0.717, 1.165) is 183 Å². The van der Waals surface area contributed by atoms with Crippen molar-refractivity contribution in [1.82, 2.24) is 48.2 Å². The number of aromatic nitrogens is 10. The minimum Gasteiger partial charge on any atom is -0.309 e. The van der Waals surface area contributed by atoms with Crippen molar-refractivity contribution in [3.8, 4) is 159 Å². The minimum atomic E-state index is 0.511. The van der Waals surface area contributed by atoms with E-state index in [2.05, 4.69) is 296 Å². The van der Waals surface area contributed by atoms with Gasteiger partial charge in [-0.2, -0.15) is 10.5 Å². The summed E-state index contributed by atoms with van der Waals surface area (Å²) >= 11 is 0. The summed E-state index contributed by atoms with van der Waals surface area (Å²) in [6, 6.07) is 161. The van der Waals surface area contributed by atoms with Crippen molar-refractivity contribution in [1.29, 1.82) is 10.5 Å². The Kier molecular flexibility index (Phi) is 20.1. The number of benzene rings is 19. The predicted octanol–water partition coefficient (Wildman–Crippen LogP) is 30.8. The zero-order valence-corrected chi connectivity index (χ0v) is 73.1. The Morgan fingerprint density at radius 2 is 0.463 bits per heavy atom. The Labute approximate surface area is 782 Å². The van der Waals surface area contributed by atoms with Gasteiger partial charge in [-0.3, -0.25) is 0 Å². The summed E-state index contributed by atoms with van der Waals surface area (Å²) in [4.78, 5) is 35.4. The number of rotatable bonds is 15. The molecule has 136 heavy (non-hydrogen) atoms. The summed E-state index contributed by atoms with van der Waals surface area (Å²) < 4.78 is 9.31. The molecule has 13 heteroatoms. The zero-order chi connectivity index (χ0) is 90.7. The molecule has 0 radical (unpaired) electrons. The van der Waals surface area contributed by atoms with Crippen LogP contribution in [0.2, 0.25) is 0 Å². The van der Waals surface area contributed by atoms with Crippen LogP contribution in [-0.2, 0) is 0 Å². The van der Waals surface area contributed by atoms with E-state index in [4.69, 9.17) is 36.5 Å². The van der Waals surface area contributed by atoms with Gasteiger partial charge in [0.1, 0.15) is 0 Å². The molecule has 0 aliphatic rings. The number of fused-ring (bicyclic) bond motifs is 12. The maximum Gasteiger partial charge on any atom is 0.194 e. The van der Waals surface area contributed by atoms with E-state index in [1.165, 1.54) is 16.2 Å². The number of nitrogens with zero attached hydrogens (tertiary/aromatic N) is 13. The van der Waals surface area contributed by atoms with Gasteiger partial charge in [0, 0.05) is 87.8 Å². The smallest absolute Gasteiger partial charge is 0.194 e. The van der Waals surface area contributed by atoms with E-state index in [-0.39, 0.29) is 0 Å². The van der Waals surface area contributed by atoms with Crippen LogP contribution >= 0.6 is 0 Å². The van der Waals surface area contributed by atoms with Gasteiger partial charge in [0.2, 0.25) is 0 Å². The Hall–Kier alpha value is -19.1. The molecule has 0 amide bonds. The topological polar surface area (TPSA) is 149 Å². The van der Waals surface area contributed by atoms with Crippen LogP contribution in [0.1, 0.15) is 11.1 Å². The third kappa shape index (κ3) is 14.2. The van der Waals surface area contributed by atoms with Crippen LogP contribution < -0.4 is 0 Å². The highest BCUT2D eigenvalue weighted by molar-refractivity contribution is 6.15. The van der Waals surface area contributed by atoms with Gasteiger partial charge < -0.3 is 18.3 Å². The van der Waals surface area contributed by atoms with Crippen LogP contribution in [0.3, 0.4) is 0 Å². The van der Waals surface area contributed by atoms with Crippen LogP contribution in [-0.4, -0.2) is 48.2 Å². The third-order valence-electron chi connectivity index (χ3n) is 25.9. The first-order chi connectivity index (χ1) is 67.3. The van der Waals surface area contributed by atoms with E-state index in [1.54, 1.807) is 0 Å². The summed E-state index contributed by atoms with van der Waals surface area (Å²) in [5.41, 5.74) is 29.2. The highest BCUT2D eigenvalue weighted by atomic mass is 15.1. The fourth-order valence-corrected chi connectivity index (χ4v) is 19.5. The number of nitriles is 2. The average Bonchev–Trinajstić information content (AvgIpc) is 1.58. The molecule has 0 bridgehead atoms. The van der Waals surface area contributed by atoms with Crippen molar-refractivity contribution >= 4 is 92.9 Å². The van der Waals surface area contributed by atoms with Crippen molar-refractivity contribution in [2.24, 2.45) is 0 Å². The first kappa shape index (κ1) is 80.2. The van der Waals surface area contributed by atoms with Crippen LogP contribution in [0.25, 0.3) is 239 Å². The Balaban J connectivity index is 0.000000150. The van der Waals surface area contributed by atoms with Gasteiger partial charge in [-0.1, -0.05) is 328 Å². The summed E-state index contributed by atoms with van der Waals surface area (Å²) in [5.74, 6) is 3.38. The van der Waals surface area contributed by atoms with Gasteiger partial charge in [0.05, 0.1) is 85.3 Å². The molecule has 0 unspecified atom stereocenters. The van der Waals surface area contributed by atoms with Gasteiger partial charge in [0.15, 0.2) is 40.6 Å². The molecule has 0 spiro atoms. The summed E-state index contributed by atoms with van der Waals surface area (Å²) in [6.45, 7) is 8.07. The molecule has 0 saturated heterocycles. The molecule has 25 rings (SSSR count). The van der Waals surface area contributed by atoms with Crippen LogP contribution in [0.5, 0.6) is 0 Å². The van der Waals surface area contributed by atoms with Gasteiger partial charge in [0.25, 0.3) is 0 Å². The largest absolute Gasteiger partial charge is 0.309 e. The molecule has 13 nitrogen and oxygen atoms in total. The molecule has 632 valence electrons. The summed E-state index contributed by atoms with van der Waals surface area (Å²) in [5, 5.41) is 29.3. The molecule has 6 aromatic heterocycles. The zero-order valence-electron chi connectivity index (χ0n) is 73.1. The second kappa shape index (κ2) is 34.1. The predicted molar refractivity (Wildman–Crippen MR) is 552 cm³/mol. The van der Waals surface area contributed by atoms with Gasteiger partial charge >= 0.3 is 0 Å². The van der Waals surface area contributed by atoms with Crippen LogP contribution in [0.4, 0.5) is 5.69 Å². The van der Waals surface area contributed by atoms with Gasteiger partial charge in [-0.05, 0) is 183 Å². The maximum atomic E-state index is 10.3. The van der Waals surface area contributed by atoms with E-state index in [0.29, 0.717) is 51.8 Å². The fraction of sp³-hybridized carbons (Fsp3) is 0. The summed E-state index contributed by atoms with van der Waals surface area (Å²) in [6.07, 6.45) is 0. The lowest BCUT2D eigenvalue weighted by molar-refractivity contribution is 1.06. The molecule has 0 fully saturated rings. The van der Waals surface area contributed by atoms with E-state index in [9.17, 15) is 10.5 Å². The normalized spacial score (nSPS) is 11.4. The average molecular weight is 1740 g/mol. The van der Waals surface area contributed by atoms with Gasteiger partial charge in [-0.15, -0.1) is 0 Å². The van der Waals surface area contributed by atoms with Gasteiger partial charge in [-0.25, -0.2) is 34.7 Å². The SMILES string of the molecule is N#Cc1ccccc1-c1ccc2c(c1)c1ccccc1n2-c1ccc(-c2ccc3c(c2)c2ccccc2n3-c2ccccc2)cc1-c1nc(-c2ccccc2)nc(-c2ccccc2)n1.[C-]#[N+]c1ccccc1-c1ccc2c3ccc(-c4ccccc4C#N)cc3n(-c3ccc(-c4ccc5c(c4)c4ccccc4n5-c4ccccc4)cc3-c3nc(-c4ccccc4)nc(-c4ccccc4)n3)c2c1. The number of para-hydroxylation sites is 6. The number of hydrogen-bond donors (Lipinski definition) is 0. The molecule has 0 atom stereocenters. The molecule has 0 aliphatic carbocycles. The highest BCUT2D eigenvalue weighted by Gasteiger charge is 2.27. The lowest BCUT2D eigenvalue weighted by Gasteiger charge is -2.17. The first-order valence-corrected chi connectivity index (χ1v) is 45.1. The van der Waals surface area contributed by atoms with E-state index < -0.39 is 0 Å². The van der Waals surface area contributed by atoms with E-state index in [1.807, 2.05) is 194 Å². The quantitative estimate of drug-likeness (QED) is 0.0921. The Bertz CT molecular complexity index is 8970. The number of hydrogen-bond acceptors (Lipinski definition) is 8. The van der Waals surface area contributed by atoms with E-state index >= 15 is 0 Å². The molecule has 0 N–H and O–H groups in total. The lowest BCUT2D eigenvalue weighted by Crippen LogP contribution is -2.04. The molecule has 0 saturated carbocycles. The van der Waals surface area contributed by atoms with Crippen molar-refractivity contribution in [2.45, 2.75) is 0 Å².